The van der Waals surface area contributed by atoms with E-state index in [1.165, 1.54) is 6.26 Å². The fraction of sp³-hybridized carbons (Fsp3) is 0.318. The third kappa shape index (κ3) is 4.44. The average Bonchev–Trinajstić information content (AvgIpc) is 3.51. The minimum atomic E-state index is -0.811. The number of amides is 2. The molecule has 1 saturated heterocycles. The second-order valence-corrected chi connectivity index (χ2v) is 7.38. The molecule has 0 radical (unpaired) electrons. The maximum absolute atomic E-state index is 12.8. The van der Waals surface area contributed by atoms with Crippen molar-refractivity contribution in [3.05, 3.63) is 72.3 Å². The standard InChI is InChI=1S/C22H24N4O4/c27-18(19-9-5-13-30-19)14-17-8-4-12-25(17)22(29)21(28)24-20-10-11-23-26(20)15-16-6-2-1-3-7-16/h1-3,5-7,9-11,13,17-18,27H,4,8,12,14-15H2,(H,24,28)/t17-,18+/m1/s1. The number of anilines is 1. The Labute approximate surface area is 174 Å². The lowest BCUT2D eigenvalue weighted by Gasteiger charge is -2.25. The van der Waals surface area contributed by atoms with Crippen molar-refractivity contribution in [2.45, 2.75) is 38.0 Å². The van der Waals surface area contributed by atoms with Crippen molar-refractivity contribution >= 4 is 17.6 Å². The van der Waals surface area contributed by atoms with Gasteiger partial charge in [0, 0.05) is 25.1 Å². The van der Waals surface area contributed by atoms with Crippen molar-refractivity contribution in [2.24, 2.45) is 0 Å². The Kier molecular flexibility index (Phi) is 5.94. The van der Waals surface area contributed by atoms with Crippen LogP contribution in [0.15, 0.2) is 65.4 Å². The molecule has 30 heavy (non-hydrogen) atoms. The van der Waals surface area contributed by atoms with Gasteiger partial charge >= 0.3 is 11.8 Å². The first-order chi connectivity index (χ1) is 14.6. The van der Waals surface area contributed by atoms with E-state index in [0.717, 1.165) is 18.4 Å². The van der Waals surface area contributed by atoms with E-state index in [-0.39, 0.29) is 6.04 Å². The van der Waals surface area contributed by atoms with E-state index in [9.17, 15) is 14.7 Å². The molecular weight excluding hydrogens is 384 g/mol. The predicted molar refractivity (Wildman–Crippen MR) is 109 cm³/mol. The van der Waals surface area contributed by atoms with Gasteiger partial charge in [-0.1, -0.05) is 30.3 Å². The van der Waals surface area contributed by atoms with E-state index >= 15 is 0 Å². The molecule has 2 aromatic heterocycles. The first kappa shape index (κ1) is 19.9. The first-order valence-corrected chi connectivity index (χ1v) is 10.0. The molecule has 1 fully saturated rings. The highest BCUT2D eigenvalue weighted by Crippen LogP contribution is 2.28. The zero-order chi connectivity index (χ0) is 20.9. The molecular formula is C22H24N4O4. The van der Waals surface area contributed by atoms with E-state index in [4.69, 9.17) is 4.42 Å². The van der Waals surface area contributed by atoms with E-state index in [1.54, 1.807) is 34.0 Å². The van der Waals surface area contributed by atoms with Gasteiger partial charge in [0.1, 0.15) is 17.7 Å². The highest BCUT2D eigenvalue weighted by atomic mass is 16.4. The molecule has 156 valence electrons. The Morgan fingerprint density at radius 2 is 2.03 bits per heavy atom. The number of hydrogen-bond acceptors (Lipinski definition) is 5. The zero-order valence-corrected chi connectivity index (χ0v) is 16.5. The Hall–Kier alpha value is -3.39. The van der Waals surface area contributed by atoms with Crippen LogP contribution in [0.25, 0.3) is 0 Å². The largest absolute Gasteiger partial charge is 0.467 e. The van der Waals surface area contributed by atoms with Crippen LogP contribution in [0.3, 0.4) is 0 Å². The molecule has 2 atom stereocenters. The molecule has 1 aliphatic rings. The van der Waals surface area contributed by atoms with Crippen LogP contribution in [0.1, 0.15) is 36.7 Å². The number of likely N-dealkylation sites (tertiary alicyclic amines) is 1. The Morgan fingerprint density at radius 3 is 2.80 bits per heavy atom. The third-order valence-electron chi connectivity index (χ3n) is 5.33. The summed E-state index contributed by atoms with van der Waals surface area (Å²) in [7, 11) is 0. The van der Waals surface area contributed by atoms with Gasteiger partial charge in [-0.05, 0) is 30.5 Å². The Bertz CT molecular complexity index is 984. The molecule has 0 bridgehead atoms. The summed E-state index contributed by atoms with van der Waals surface area (Å²) in [6.07, 6.45) is 4.14. The molecule has 1 aliphatic heterocycles. The monoisotopic (exact) mass is 408 g/mol. The van der Waals surface area contributed by atoms with Gasteiger partial charge < -0.3 is 19.7 Å². The number of hydrogen-bond donors (Lipinski definition) is 2. The van der Waals surface area contributed by atoms with Crippen LogP contribution in [0.4, 0.5) is 5.82 Å². The zero-order valence-electron chi connectivity index (χ0n) is 16.5. The summed E-state index contributed by atoms with van der Waals surface area (Å²) < 4.78 is 6.88. The number of rotatable bonds is 6. The normalized spacial score (nSPS) is 17.1. The lowest BCUT2D eigenvalue weighted by atomic mass is 10.1. The summed E-state index contributed by atoms with van der Waals surface area (Å²) in [5.74, 6) is -0.382. The molecule has 3 aromatic rings. The molecule has 8 heteroatoms. The quantitative estimate of drug-likeness (QED) is 0.611. The summed E-state index contributed by atoms with van der Waals surface area (Å²) in [6.45, 7) is 0.977. The number of benzene rings is 1. The topological polar surface area (TPSA) is 101 Å². The molecule has 0 saturated carbocycles. The maximum Gasteiger partial charge on any atom is 0.315 e. The van der Waals surface area contributed by atoms with Crippen LogP contribution in [0, 0.1) is 0 Å². The summed E-state index contributed by atoms with van der Waals surface area (Å²) in [5.41, 5.74) is 1.04. The van der Waals surface area contributed by atoms with Gasteiger partial charge in [0.25, 0.3) is 0 Å². The number of aromatic nitrogens is 2. The Morgan fingerprint density at radius 1 is 1.20 bits per heavy atom. The number of carbonyl (C=O) groups is 2. The van der Waals surface area contributed by atoms with Crippen molar-refractivity contribution < 1.29 is 19.1 Å². The van der Waals surface area contributed by atoms with Gasteiger partial charge in [0.15, 0.2) is 0 Å². The molecule has 8 nitrogen and oxygen atoms in total. The molecule has 4 rings (SSSR count). The number of nitrogens with one attached hydrogen (secondary N) is 1. The van der Waals surface area contributed by atoms with Crippen LogP contribution < -0.4 is 5.32 Å². The molecule has 1 aromatic carbocycles. The second kappa shape index (κ2) is 8.96. The van der Waals surface area contributed by atoms with Gasteiger partial charge in [-0.25, -0.2) is 4.68 Å². The van der Waals surface area contributed by atoms with Crippen molar-refractivity contribution in [3.63, 3.8) is 0 Å². The van der Waals surface area contributed by atoms with Crippen molar-refractivity contribution in [2.75, 3.05) is 11.9 Å². The van der Waals surface area contributed by atoms with Crippen molar-refractivity contribution in [1.82, 2.24) is 14.7 Å². The lowest BCUT2D eigenvalue weighted by molar-refractivity contribution is -0.144. The Balaban J connectivity index is 1.39. The predicted octanol–water partition coefficient (Wildman–Crippen LogP) is 2.58. The maximum atomic E-state index is 12.8. The van der Waals surface area contributed by atoms with Crippen LogP contribution in [0.5, 0.6) is 0 Å². The third-order valence-corrected chi connectivity index (χ3v) is 5.33. The number of aliphatic hydroxyl groups is 1. The molecule has 0 spiro atoms. The summed E-state index contributed by atoms with van der Waals surface area (Å²) in [5, 5.41) is 17.3. The highest BCUT2D eigenvalue weighted by molar-refractivity contribution is 6.39. The van der Waals surface area contributed by atoms with Crippen molar-refractivity contribution in [3.8, 4) is 0 Å². The molecule has 0 aliphatic carbocycles. The molecule has 2 N–H and O–H groups in total. The van der Waals surface area contributed by atoms with Gasteiger partial charge in [-0.2, -0.15) is 5.10 Å². The van der Waals surface area contributed by atoms with Crippen molar-refractivity contribution in [1.29, 1.82) is 0 Å². The van der Waals surface area contributed by atoms with Crippen LogP contribution in [-0.2, 0) is 16.1 Å². The molecule has 3 heterocycles. The second-order valence-electron chi connectivity index (χ2n) is 7.38. The van der Waals surface area contributed by atoms with Crippen LogP contribution in [-0.4, -0.2) is 44.2 Å². The first-order valence-electron chi connectivity index (χ1n) is 10.0. The summed E-state index contributed by atoms with van der Waals surface area (Å²) >= 11 is 0. The van der Waals surface area contributed by atoms with E-state index < -0.39 is 17.9 Å². The number of furan rings is 1. The fourth-order valence-electron chi connectivity index (χ4n) is 3.82. The summed E-state index contributed by atoms with van der Waals surface area (Å²) in [6, 6.07) is 14.6. The summed E-state index contributed by atoms with van der Waals surface area (Å²) in [4.78, 5) is 27.0. The minimum absolute atomic E-state index is 0.211. The molecule has 0 unspecified atom stereocenters. The molecule has 2 amide bonds. The number of nitrogens with zero attached hydrogens (tertiary/aromatic N) is 3. The average molecular weight is 408 g/mol. The number of carbonyl (C=O) groups excluding carboxylic acids is 2. The minimum Gasteiger partial charge on any atom is -0.467 e. The van der Waals surface area contributed by atoms with Crippen LogP contribution in [0.2, 0.25) is 0 Å². The highest BCUT2D eigenvalue weighted by Gasteiger charge is 2.34. The number of aliphatic hydroxyl groups excluding tert-OH is 1. The van der Waals surface area contributed by atoms with Gasteiger partial charge in [0.05, 0.1) is 19.0 Å². The smallest absolute Gasteiger partial charge is 0.315 e. The van der Waals surface area contributed by atoms with E-state index in [2.05, 4.69) is 10.4 Å². The van der Waals surface area contributed by atoms with Gasteiger partial charge in [0.2, 0.25) is 0 Å². The van der Waals surface area contributed by atoms with Gasteiger partial charge in [-0.3, -0.25) is 9.59 Å². The van der Waals surface area contributed by atoms with E-state index in [0.29, 0.717) is 31.1 Å². The lowest BCUT2D eigenvalue weighted by Crippen LogP contribution is -2.43. The van der Waals surface area contributed by atoms with Gasteiger partial charge in [-0.15, -0.1) is 0 Å². The fourth-order valence-corrected chi connectivity index (χ4v) is 3.82. The SMILES string of the molecule is O=C(Nc1ccnn1Cc1ccccc1)C(=O)N1CCC[C@@H]1C[C@H](O)c1ccco1. The van der Waals surface area contributed by atoms with E-state index in [1.807, 2.05) is 30.3 Å². The van der Waals surface area contributed by atoms with Crippen LogP contribution >= 0.6 is 0 Å².